The molecule has 8 nitrogen and oxygen atoms in total. The van der Waals surface area contributed by atoms with Gasteiger partial charge in [0.1, 0.15) is 23.9 Å². The molecule has 6 atom stereocenters. The molecule has 2 aromatic carbocycles. The smallest absolute Gasteiger partial charge is 0.333 e. The fourth-order valence-corrected chi connectivity index (χ4v) is 5.42. The average Bonchev–Trinajstić information content (AvgIpc) is 3.43. The Hall–Kier alpha value is -3.36. The zero-order valence-electron chi connectivity index (χ0n) is 15.6. The van der Waals surface area contributed by atoms with Crippen LogP contribution in [0.4, 0.5) is 0 Å². The number of carbonyl (C=O) groups is 4. The number of rotatable bonds is 2. The van der Waals surface area contributed by atoms with Crippen LogP contribution in [0.5, 0.6) is 0 Å². The lowest BCUT2D eigenvalue weighted by Crippen LogP contribution is -2.45. The normalized spacial score (nSPS) is 35.2. The Morgan fingerprint density at radius 1 is 0.500 bits per heavy atom. The summed E-state index contributed by atoms with van der Waals surface area (Å²) in [6.45, 7) is 0. The summed E-state index contributed by atoms with van der Waals surface area (Å²) in [5, 5.41) is 3.44. The second-order valence-electron chi connectivity index (χ2n) is 7.89. The molecule has 4 aliphatic rings. The third-order valence-electron chi connectivity index (χ3n) is 6.48. The van der Waals surface area contributed by atoms with E-state index in [1.54, 1.807) is 10.0 Å². The molecule has 0 saturated carbocycles. The number of hydrogen-bond acceptors (Lipinski definition) is 8. The first-order valence-corrected chi connectivity index (χ1v) is 9.75. The summed E-state index contributed by atoms with van der Waals surface area (Å²) in [4.78, 5) is 50.8. The van der Waals surface area contributed by atoms with Crippen molar-refractivity contribution >= 4 is 23.9 Å². The number of nitrogens with zero attached hydrogens (tertiary/aromatic N) is 2. The molecule has 0 spiro atoms. The lowest BCUT2D eigenvalue weighted by molar-refractivity contribution is -0.167. The molecule has 0 bridgehead atoms. The van der Waals surface area contributed by atoms with E-state index < -0.39 is 59.9 Å². The van der Waals surface area contributed by atoms with Crippen molar-refractivity contribution in [3.05, 3.63) is 71.8 Å². The Balaban J connectivity index is 1.58. The fourth-order valence-electron chi connectivity index (χ4n) is 5.42. The van der Waals surface area contributed by atoms with Crippen molar-refractivity contribution in [1.82, 2.24) is 10.0 Å². The molecule has 0 radical (unpaired) electrons. The highest BCUT2D eigenvalue weighted by molar-refractivity contribution is 6.02. The van der Waals surface area contributed by atoms with Gasteiger partial charge in [-0.3, -0.25) is 9.59 Å². The van der Waals surface area contributed by atoms with Gasteiger partial charge in [-0.1, -0.05) is 60.7 Å². The monoisotopic (exact) mass is 404 g/mol. The van der Waals surface area contributed by atoms with Gasteiger partial charge in [0.25, 0.3) is 0 Å². The predicted octanol–water partition coefficient (Wildman–Crippen LogP) is 1.15. The minimum atomic E-state index is -0.904. The molecule has 4 fully saturated rings. The third-order valence-corrected chi connectivity index (χ3v) is 6.48. The van der Waals surface area contributed by atoms with E-state index in [1.165, 1.54) is 0 Å². The third kappa shape index (κ3) is 2.12. The van der Waals surface area contributed by atoms with Crippen molar-refractivity contribution in [3.8, 4) is 0 Å². The first kappa shape index (κ1) is 17.5. The number of ether oxygens (including phenoxy) is 2. The molecule has 4 aliphatic heterocycles. The van der Waals surface area contributed by atoms with E-state index in [0.717, 1.165) is 11.1 Å². The standard InChI is InChI=1S/C22H16N2O6/c25-19-13-15(11-7-3-1-4-8-11)23-18-14(20(26)30-22(18)28)16(12-9-5-2-6-10-12)24(23)17(13)21(27)29-19/h1-10,13-18H/t13-,14+,15-,16+,17-,18-/m0/s1. The van der Waals surface area contributed by atoms with Crippen LogP contribution in [0.25, 0.3) is 0 Å². The average molecular weight is 404 g/mol. The van der Waals surface area contributed by atoms with Crippen molar-refractivity contribution < 1.29 is 28.7 Å². The number of cyclic esters (lactones) is 4. The van der Waals surface area contributed by atoms with Crippen LogP contribution in [0.3, 0.4) is 0 Å². The molecule has 0 aromatic heterocycles. The quantitative estimate of drug-likeness (QED) is 0.544. The molecule has 150 valence electrons. The maximum atomic E-state index is 12.7. The Labute approximate surface area is 170 Å². The summed E-state index contributed by atoms with van der Waals surface area (Å²) >= 11 is 0. The first-order valence-electron chi connectivity index (χ1n) is 9.75. The first-order chi connectivity index (χ1) is 14.6. The highest BCUT2D eigenvalue weighted by Gasteiger charge is 2.72. The number of fused-ring (bicyclic) bond motifs is 5. The lowest BCUT2D eigenvalue weighted by Gasteiger charge is -2.33. The maximum absolute atomic E-state index is 12.7. The molecule has 4 saturated heterocycles. The minimum absolute atomic E-state index is 0.616. The van der Waals surface area contributed by atoms with Crippen molar-refractivity contribution in [2.75, 3.05) is 0 Å². The van der Waals surface area contributed by atoms with E-state index in [0.29, 0.717) is 0 Å². The van der Waals surface area contributed by atoms with Gasteiger partial charge in [0.05, 0.1) is 12.1 Å². The number of hydrogen-bond donors (Lipinski definition) is 0. The molecule has 0 aliphatic carbocycles. The van der Waals surface area contributed by atoms with Crippen LogP contribution < -0.4 is 0 Å². The zero-order valence-corrected chi connectivity index (χ0v) is 15.6. The van der Waals surface area contributed by atoms with Gasteiger partial charge >= 0.3 is 23.9 Å². The molecule has 30 heavy (non-hydrogen) atoms. The van der Waals surface area contributed by atoms with Gasteiger partial charge in [0.2, 0.25) is 0 Å². The maximum Gasteiger partial charge on any atom is 0.333 e. The van der Waals surface area contributed by atoms with Gasteiger partial charge in [0.15, 0.2) is 0 Å². The van der Waals surface area contributed by atoms with Crippen LogP contribution in [0.15, 0.2) is 60.7 Å². The van der Waals surface area contributed by atoms with Crippen LogP contribution in [0, 0.1) is 11.8 Å². The highest BCUT2D eigenvalue weighted by Crippen LogP contribution is 2.58. The molecular formula is C22H16N2O6. The number of esters is 4. The van der Waals surface area contributed by atoms with Gasteiger partial charge in [-0.25, -0.2) is 19.6 Å². The Morgan fingerprint density at radius 3 is 1.23 bits per heavy atom. The molecule has 6 rings (SSSR count). The summed E-state index contributed by atoms with van der Waals surface area (Å²) in [5.41, 5.74) is 1.53. The minimum Gasteiger partial charge on any atom is -0.392 e. The van der Waals surface area contributed by atoms with E-state index in [9.17, 15) is 19.2 Å². The van der Waals surface area contributed by atoms with Crippen molar-refractivity contribution in [2.24, 2.45) is 11.8 Å². The lowest BCUT2D eigenvalue weighted by atomic mass is 9.84. The van der Waals surface area contributed by atoms with Crippen LogP contribution in [-0.4, -0.2) is 46.0 Å². The van der Waals surface area contributed by atoms with E-state index in [1.807, 2.05) is 60.7 Å². The largest absolute Gasteiger partial charge is 0.392 e. The molecule has 2 aromatic rings. The van der Waals surface area contributed by atoms with Gasteiger partial charge < -0.3 is 9.47 Å². The molecule has 0 unspecified atom stereocenters. The summed E-state index contributed by atoms with van der Waals surface area (Å²) in [6, 6.07) is 15.3. The number of carbonyl (C=O) groups excluding carboxylic acids is 4. The number of hydrazine groups is 1. The summed E-state index contributed by atoms with van der Waals surface area (Å²) in [5.74, 6) is -4.14. The van der Waals surface area contributed by atoms with Gasteiger partial charge in [-0.2, -0.15) is 0 Å². The van der Waals surface area contributed by atoms with E-state index >= 15 is 0 Å². The molecule has 4 heterocycles. The van der Waals surface area contributed by atoms with Crippen LogP contribution in [0.1, 0.15) is 23.2 Å². The van der Waals surface area contributed by atoms with Crippen molar-refractivity contribution in [2.45, 2.75) is 24.2 Å². The summed E-state index contributed by atoms with van der Waals surface area (Å²) in [6.07, 6.45) is 0. The molecule has 0 N–H and O–H groups in total. The van der Waals surface area contributed by atoms with Gasteiger partial charge in [0, 0.05) is 0 Å². The van der Waals surface area contributed by atoms with Crippen LogP contribution >= 0.6 is 0 Å². The fraction of sp³-hybridized carbons (Fsp3) is 0.273. The van der Waals surface area contributed by atoms with Crippen LogP contribution in [-0.2, 0) is 28.7 Å². The van der Waals surface area contributed by atoms with E-state index in [2.05, 4.69) is 0 Å². The summed E-state index contributed by atoms with van der Waals surface area (Å²) in [7, 11) is 0. The summed E-state index contributed by atoms with van der Waals surface area (Å²) < 4.78 is 10.0. The zero-order chi connectivity index (χ0) is 20.6. The highest BCUT2D eigenvalue weighted by atomic mass is 16.6. The van der Waals surface area contributed by atoms with Crippen molar-refractivity contribution in [3.63, 3.8) is 0 Å². The Bertz CT molecular complexity index is 1000. The van der Waals surface area contributed by atoms with Crippen molar-refractivity contribution in [1.29, 1.82) is 0 Å². The molecule has 8 heteroatoms. The van der Waals surface area contributed by atoms with Gasteiger partial charge in [-0.05, 0) is 11.1 Å². The second kappa shape index (κ2) is 6.07. The molecular weight excluding hydrogens is 388 g/mol. The van der Waals surface area contributed by atoms with E-state index in [-0.39, 0.29) is 0 Å². The second-order valence-corrected chi connectivity index (χ2v) is 7.89. The SMILES string of the molecule is O=C1OC(=O)[C@@H]2[C@@H]1[C@H](c1ccccc1)N1[C@@H]3C(=O)OC(=O)[C@@H]3[C@@H](c3ccccc3)N21. The van der Waals surface area contributed by atoms with Gasteiger partial charge in [-0.15, -0.1) is 0 Å². The van der Waals surface area contributed by atoms with Crippen LogP contribution in [0.2, 0.25) is 0 Å². The predicted molar refractivity (Wildman–Crippen MR) is 98.8 cm³/mol. The Kier molecular flexibility index (Phi) is 3.54. The topological polar surface area (TPSA) is 93.2 Å². The molecule has 0 amide bonds. The number of benzene rings is 2. The Morgan fingerprint density at radius 2 is 0.867 bits per heavy atom. The van der Waals surface area contributed by atoms with E-state index in [4.69, 9.17) is 9.47 Å².